The van der Waals surface area contributed by atoms with Crippen LogP contribution >= 0.6 is 0 Å². The van der Waals surface area contributed by atoms with Gasteiger partial charge in [-0.2, -0.15) is 0 Å². The highest BCUT2D eigenvalue weighted by molar-refractivity contribution is 5.31. The normalized spacial score (nSPS) is 10.4. The van der Waals surface area contributed by atoms with E-state index in [4.69, 9.17) is 9.47 Å². The number of rotatable bonds is 10. The number of ether oxygens (including phenoxy) is 2. The van der Waals surface area contributed by atoms with Gasteiger partial charge in [-0.05, 0) is 42.7 Å². The molecule has 2 rings (SSSR count). The lowest BCUT2D eigenvalue weighted by molar-refractivity contribution is 0.305. The SMILES string of the molecule is CCCCCC[CH]Oc1ccc(OCc2ccccc2)cc1. The van der Waals surface area contributed by atoms with Crippen LogP contribution < -0.4 is 9.47 Å². The third kappa shape index (κ3) is 6.21. The third-order valence-corrected chi connectivity index (χ3v) is 3.47. The Labute approximate surface area is 134 Å². The Kier molecular flexibility index (Phi) is 7.37. The van der Waals surface area contributed by atoms with Gasteiger partial charge in [0.15, 0.2) is 0 Å². The van der Waals surface area contributed by atoms with Gasteiger partial charge in [0.05, 0.1) is 0 Å². The van der Waals surface area contributed by atoms with Gasteiger partial charge in [-0.1, -0.05) is 56.5 Å². The van der Waals surface area contributed by atoms with E-state index in [-0.39, 0.29) is 0 Å². The van der Waals surface area contributed by atoms with E-state index in [1.165, 1.54) is 31.2 Å². The monoisotopic (exact) mass is 297 g/mol. The first-order valence-electron chi connectivity index (χ1n) is 8.13. The molecule has 0 aromatic heterocycles. The van der Waals surface area contributed by atoms with Gasteiger partial charge in [0, 0.05) is 0 Å². The Morgan fingerprint density at radius 2 is 1.55 bits per heavy atom. The zero-order valence-corrected chi connectivity index (χ0v) is 13.3. The van der Waals surface area contributed by atoms with Crippen LogP contribution in [0.4, 0.5) is 0 Å². The Bertz CT molecular complexity index is 505. The summed E-state index contributed by atoms with van der Waals surface area (Å²) in [7, 11) is 0. The Morgan fingerprint density at radius 3 is 2.27 bits per heavy atom. The van der Waals surface area contributed by atoms with E-state index in [1.54, 1.807) is 0 Å². The molecule has 22 heavy (non-hydrogen) atoms. The number of benzene rings is 2. The summed E-state index contributed by atoms with van der Waals surface area (Å²) in [6.45, 7) is 4.71. The quantitative estimate of drug-likeness (QED) is 0.518. The zero-order chi connectivity index (χ0) is 15.5. The van der Waals surface area contributed by atoms with Crippen molar-refractivity contribution >= 4 is 0 Å². The van der Waals surface area contributed by atoms with Gasteiger partial charge >= 0.3 is 0 Å². The molecule has 0 spiro atoms. The van der Waals surface area contributed by atoms with Gasteiger partial charge < -0.3 is 9.47 Å². The first-order chi connectivity index (χ1) is 10.9. The molecule has 117 valence electrons. The van der Waals surface area contributed by atoms with Crippen molar-refractivity contribution in [3.63, 3.8) is 0 Å². The van der Waals surface area contributed by atoms with E-state index in [9.17, 15) is 0 Å². The van der Waals surface area contributed by atoms with Gasteiger partial charge in [0.2, 0.25) is 0 Å². The second kappa shape index (κ2) is 9.88. The van der Waals surface area contributed by atoms with E-state index < -0.39 is 0 Å². The maximum atomic E-state index is 5.75. The molecule has 0 unspecified atom stereocenters. The first kappa shape index (κ1) is 16.4. The largest absolute Gasteiger partial charge is 0.489 e. The van der Waals surface area contributed by atoms with Crippen molar-refractivity contribution in [1.29, 1.82) is 0 Å². The molecule has 0 atom stereocenters. The average molecular weight is 297 g/mol. The standard InChI is InChI=1S/C20H25O2/c1-2-3-4-5-9-16-21-19-12-14-20(15-13-19)22-17-18-10-7-6-8-11-18/h6-8,10-16H,2-5,9,17H2,1H3. The molecule has 0 N–H and O–H groups in total. The van der Waals surface area contributed by atoms with Crippen LogP contribution in [0.25, 0.3) is 0 Å². The molecular weight excluding hydrogens is 272 g/mol. The molecule has 0 aliphatic rings. The van der Waals surface area contributed by atoms with Crippen LogP contribution in [0.2, 0.25) is 0 Å². The molecule has 0 amide bonds. The fourth-order valence-electron chi connectivity index (χ4n) is 2.16. The molecule has 2 aromatic rings. The fourth-order valence-corrected chi connectivity index (χ4v) is 2.16. The molecular formula is C20H25O2. The predicted octanol–water partition coefficient (Wildman–Crippen LogP) is 5.78. The summed E-state index contributed by atoms with van der Waals surface area (Å²) < 4.78 is 11.4. The molecule has 0 saturated carbocycles. The van der Waals surface area contributed by atoms with Gasteiger partial charge in [0.1, 0.15) is 24.7 Å². The lowest BCUT2D eigenvalue weighted by Crippen LogP contribution is -1.95. The van der Waals surface area contributed by atoms with Crippen molar-refractivity contribution in [1.82, 2.24) is 0 Å². The molecule has 2 nitrogen and oxygen atoms in total. The van der Waals surface area contributed by atoms with Crippen molar-refractivity contribution in [2.75, 3.05) is 0 Å². The van der Waals surface area contributed by atoms with Crippen LogP contribution in [0.3, 0.4) is 0 Å². The van der Waals surface area contributed by atoms with Gasteiger partial charge in [0.25, 0.3) is 0 Å². The number of unbranched alkanes of at least 4 members (excludes halogenated alkanes) is 4. The Morgan fingerprint density at radius 1 is 0.818 bits per heavy atom. The predicted molar refractivity (Wildman–Crippen MR) is 90.9 cm³/mol. The van der Waals surface area contributed by atoms with Crippen LogP contribution in [-0.4, -0.2) is 0 Å². The maximum Gasteiger partial charge on any atom is 0.135 e. The summed E-state index contributed by atoms with van der Waals surface area (Å²) in [4.78, 5) is 0. The number of hydrogen-bond acceptors (Lipinski definition) is 2. The smallest absolute Gasteiger partial charge is 0.135 e. The van der Waals surface area contributed by atoms with Gasteiger partial charge in [-0.3, -0.25) is 0 Å². The minimum Gasteiger partial charge on any atom is -0.489 e. The molecule has 0 bridgehead atoms. The number of hydrogen-bond donors (Lipinski definition) is 0. The second-order valence-electron chi connectivity index (χ2n) is 5.38. The van der Waals surface area contributed by atoms with Gasteiger partial charge in [-0.25, -0.2) is 0 Å². The van der Waals surface area contributed by atoms with Crippen LogP contribution in [0.15, 0.2) is 54.6 Å². The van der Waals surface area contributed by atoms with Crippen molar-refractivity contribution in [3.8, 4) is 11.5 Å². The van der Waals surface area contributed by atoms with Crippen LogP contribution in [0.5, 0.6) is 11.5 Å². The summed E-state index contributed by atoms with van der Waals surface area (Å²) in [6.07, 6.45) is 6.06. The van der Waals surface area contributed by atoms with E-state index >= 15 is 0 Å². The molecule has 0 fully saturated rings. The third-order valence-electron chi connectivity index (χ3n) is 3.47. The average Bonchev–Trinajstić information content (AvgIpc) is 2.58. The van der Waals surface area contributed by atoms with E-state index in [0.29, 0.717) is 6.61 Å². The second-order valence-corrected chi connectivity index (χ2v) is 5.38. The highest BCUT2D eigenvalue weighted by Gasteiger charge is 1.98. The summed E-state index contributed by atoms with van der Waals surface area (Å²) in [5, 5.41) is 0. The highest BCUT2D eigenvalue weighted by Crippen LogP contribution is 2.20. The van der Waals surface area contributed by atoms with Crippen molar-refractivity contribution in [2.45, 2.75) is 45.6 Å². The van der Waals surface area contributed by atoms with Crippen LogP contribution in [0.1, 0.15) is 44.6 Å². The van der Waals surface area contributed by atoms with Crippen LogP contribution in [0, 0.1) is 6.61 Å². The summed E-state index contributed by atoms with van der Waals surface area (Å²) >= 11 is 0. The van der Waals surface area contributed by atoms with E-state index in [2.05, 4.69) is 19.1 Å². The minimum absolute atomic E-state index is 0.588. The molecule has 0 saturated heterocycles. The lowest BCUT2D eigenvalue weighted by Gasteiger charge is -2.08. The molecule has 2 aromatic carbocycles. The fraction of sp³-hybridized carbons (Fsp3) is 0.350. The molecule has 1 radical (unpaired) electrons. The van der Waals surface area contributed by atoms with Crippen LogP contribution in [-0.2, 0) is 6.61 Å². The molecule has 0 aliphatic carbocycles. The molecule has 2 heteroatoms. The van der Waals surface area contributed by atoms with E-state index in [0.717, 1.165) is 17.9 Å². The summed E-state index contributed by atoms with van der Waals surface area (Å²) in [6, 6.07) is 18.0. The topological polar surface area (TPSA) is 18.5 Å². The highest BCUT2D eigenvalue weighted by atomic mass is 16.5. The minimum atomic E-state index is 0.588. The van der Waals surface area contributed by atoms with Crippen molar-refractivity contribution < 1.29 is 9.47 Å². The van der Waals surface area contributed by atoms with Crippen molar-refractivity contribution in [2.24, 2.45) is 0 Å². The van der Waals surface area contributed by atoms with Gasteiger partial charge in [-0.15, -0.1) is 0 Å². The van der Waals surface area contributed by atoms with Crippen molar-refractivity contribution in [3.05, 3.63) is 66.8 Å². The van der Waals surface area contributed by atoms with E-state index in [1.807, 2.05) is 49.1 Å². The Hall–Kier alpha value is -1.96. The zero-order valence-electron chi connectivity index (χ0n) is 13.3. The summed E-state index contributed by atoms with van der Waals surface area (Å²) in [5.74, 6) is 1.72. The Balaban J connectivity index is 1.67. The molecule has 0 aliphatic heterocycles. The maximum absolute atomic E-state index is 5.75. The first-order valence-corrected chi connectivity index (χ1v) is 8.13. The summed E-state index contributed by atoms with van der Waals surface area (Å²) in [5.41, 5.74) is 1.17. The lowest BCUT2D eigenvalue weighted by atomic mass is 10.2. The molecule has 0 heterocycles.